The van der Waals surface area contributed by atoms with E-state index in [2.05, 4.69) is 5.32 Å². The quantitative estimate of drug-likeness (QED) is 0.888. The average Bonchev–Trinajstić information content (AvgIpc) is 2.50. The molecule has 0 bridgehead atoms. The number of rotatable bonds is 5. The molecular formula is C18H19NO4. The molecule has 0 saturated heterocycles. The van der Waals surface area contributed by atoms with Crippen LogP contribution in [0.15, 0.2) is 36.4 Å². The number of aryl methyl sites for hydroxylation is 3. The maximum atomic E-state index is 12.0. The van der Waals surface area contributed by atoms with E-state index in [9.17, 15) is 9.59 Å². The van der Waals surface area contributed by atoms with E-state index in [0.717, 1.165) is 16.7 Å². The largest absolute Gasteiger partial charge is 0.484 e. The predicted molar refractivity (Wildman–Crippen MR) is 88.2 cm³/mol. The molecule has 0 radical (unpaired) electrons. The van der Waals surface area contributed by atoms with Crippen LogP contribution in [0.1, 0.15) is 27.0 Å². The zero-order valence-corrected chi connectivity index (χ0v) is 13.3. The van der Waals surface area contributed by atoms with Gasteiger partial charge in [-0.2, -0.15) is 0 Å². The number of ether oxygens (including phenoxy) is 1. The molecule has 0 unspecified atom stereocenters. The van der Waals surface area contributed by atoms with Gasteiger partial charge in [-0.05, 0) is 61.7 Å². The van der Waals surface area contributed by atoms with Crippen LogP contribution in [0.2, 0.25) is 0 Å². The molecule has 0 aliphatic heterocycles. The van der Waals surface area contributed by atoms with Crippen LogP contribution in [-0.4, -0.2) is 23.6 Å². The Morgan fingerprint density at radius 2 is 1.70 bits per heavy atom. The molecule has 0 aliphatic rings. The van der Waals surface area contributed by atoms with E-state index in [-0.39, 0.29) is 18.1 Å². The highest BCUT2D eigenvalue weighted by Gasteiger charge is 2.10. The molecule has 2 rings (SSSR count). The number of anilines is 1. The van der Waals surface area contributed by atoms with Crippen molar-refractivity contribution in [1.29, 1.82) is 0 Å². The Balaban J connectivity index is 2.00. The first-order valence-electron chi connectivity index (χ1n) is 7.20. The summed E-state index contributed by atoms with van der Waals surface area (Å²) < 4.78 is 5.47. The molecule has 5 nitrogen and oxygen atoms in total. The lowest BCUT2D eigenvalue weighted by atomic mass is 10.1. The first-order valence-corrected chi connectivity index (χ1v) is 7.20. The van der Waals surface area contributed by atoms with E-state index >= 15 is 0 Å². The number of hydrogen-bond donors (Lipinski definition) is 2. The number of carbonyl (C=O) groups is 2. The van der Waals surface area contributed by atoms with Crippen molar-refractivity contribution in [1.82, 2.24) is 0 Å². The number of aromatic carboxylic acids is 1. The molecule has 2 N–H and O–H groups in total. The van der Waals surface area contributed by atoms with E-state index in [4.69, 9.17) is 9.84 Å². The van der Waals surface area contributed by atoms with Crippen LogP contribution in [0.25, 0.3) is 0 Å². The van der Waals surface area contributed by atoms with Crippen molar-refractivity contribution in [3.63, 3.8) is 0 Å². The summed E-state index contributed by atoms with van der Waals surface area (Å²) in [4.78, 5) is 23.0. The van der Waals surface area contributed by atoms with Gasteiger partial charge in [-0.1, -0.05) is 12.1 Å². The molecular weight excluding hydrogens is 294 g/mol. The lowest BCUT2D eigenvalue weighted by Gasteiger charge is -2.11. The van der Waals surface area contributed by atoms with Crippen molar-refractivity contribution in [3.05, 3.63) is 58.7 Å². The number of carboxylic acid groups (broad SMARTS) is 1. The minimum absolute atomic E-state index is 0.126. The number of hydrogen-bond acceptors (Lipinski definition) is 3. The highest BCUT2D eigenvalue weighted by Crippen LogP contribution is 2.18. The summed E-state index contributed by atoms with van der Waals surface area (Å²) in [5.74, 6) is -0.750. The maximum Gasteiger partial charge on any atom is 0.335 e. The van der Waals surface area contributed by atoms with Gasteiger partial charge in [0.15, 0.2) is 6.61 Å². The van der Waals surface area contributed by atoms with Crippen molar-refractivity contribution >= 4 is 17.6 Å². The molecule has 0 spiro atoms. The van der Waals surface area contributed by atoms with Crippen LogP contribution in [0.4, 0.5) is 5.69 Å². The predicted octanol–water partition coefficient (Wildman–Crippen LogP) is 3.33. The Morgan fingerprint density at radius 1 is 1.00 bits per heavy atom. The number of amides is 1. The van der Waals surface area contributed by atoms with Crippen LogP contribution < -0.4 is 10.1 Å². The van der Waals surface area contributed by atoms with Crippen LogP contribution in [-0.2, 0) is 4.79 Å². The van der Waals surface area contributed by atoms with Gasteiger partial charge in [0, 0.05) is 5.69 Å². The number of carbonyl (C=O) groups excluding carboxylic acids is 1. The fourth-order valence-electron chi connectivity index (χ4n) is 2.03. The topological polar surface area (TPSA) is 75.6 Å². The molecule has 0 saturated carbocycles. The fraction of sp³-hybridized carbons (Fsp3) is 0.222. The Bertz CT molecular complexity index is 753. The minimum atomic E-state index is -1.04. The second-order valence-electron chi connectivity index (χ2n) is 5.42. The summed E-state index contributed by atoms with van der Waals surface area (Å²) in [5, 5.41) is 11.7. The van der Waals surface area contributed by atoms with Crippen molar-refractivity contribution in [2.45, 2.75) is 20.8 Å². The van der Waals surface area contributed by atoms with Crippen LogP contribution >= 0.6 is 0 Å². The molecule has 0 aromatic heterocycles. The second-order valence-corrected chi connectivity index (χ2v) is 5.42. The molecule has 0 heterocycles. The second kappa shape index (κ2) is 6.96. The molecule has 5 heteroatoms. The maximum absolute atomic E-state index is 12.0. The lowest BCUT2D eigenvalue weighted by molar-refractivity contribution is -0.118. The first kappa shape index (κ1) is 16.5. The molecule has 0 fully saturated rings. The molecule has 0 aliphatic carbocycles. The van der Waals surface area contributed by atoms with E-state index in [1.165, 1.54) is 12.1 Å². The van der Waals surface area contributed by atoms with Crippen molar-refractivity contribution in [3.8, 4) is 5.75 Å². The fourth-order valence-corrected chi connectivity index (χ4v) is 2.03. The molecule has 2 aromatic rings. The molecule has 2 aromatic carbocycles. The Morgan fingerprint density at radius 3 is 2.35 bits per heavy atom. The zero-order chi connectivity index (χ0) is 17.0. The Hall–Kier alpha value is -2.82. The summed E-state index contributed by atoms with van der Waals surface area (Å²) in [6.07, 6.45) is 0. The normalized spacial score (nSPS) is 10.2. The Labute approximate surface area is 134 Å². The van der Waals surface area contributed by atoms with Crippen molar-refractivity contribution in [2.24, 2.45) is 0 Å². The Kier molecular flexibility index (Phi) is 5.01. The highest BCUT2D eigenvalue weighted by molar-refractivity contribution is 5.95. The van der Waals surface area contributed by atoms with Gasteiger partial charge in [0.1, 0.15) is 5.75 Å². The standard InChI is InChI=1S/C18H19NO4/c1-11-5-7-15(8-13(11)3)23-10-17(20)19-16-9-14(18(21)22)6-4-12(16)2/h4-9H,10H2,1-3H3,(H,19,20)(H,21,22). The molecule has 120 valence electrons. The SMILES string of the molecule is Cc1ccc(OCC(=O)Nc2cc(C(=O)O)ccc2C)cc1C. The number of nitrogens with one attached hydrogen (secondary N) is 1. The van der Waals surface area contributed by atoms with Gasteiger partial charge in [0.2, 0.25) is 0 Å². The highest BCUT2D eigenvalue weighted by atomic mass is 16.5. The lowest BCUT2D eigenvalue weighted by Crippen LogP contribution is -2.21. The van der Waals surface area contributed by atoms with E-state index < -0.39 is 5.97 Å². The van der Waals surface area contributed by atoms with Crippen LogP contribution in [0.5, 0.6) is 5.75 Å². The zero-order valence-electron chi connectivity index (χ0n) is 13.3. The summed E-state index contributed by atoms with van der Waals surface area (Å²) in [6.45, 7) is 5.64. The van der Waals surface area contributed by atoms with Gasteiger partial charge in [-0.15, -0.1) is 0 Å². The third kappa shape index (κ3) is 4.32. The first-order chi connectivity index (χ1) is 10.9. The van der Waals surface area contributed by atoms with Gasteiger partial charge in [-0.3, -0.25) is 4.79 Å². The summed E-state index contributed by atoms with van der Waals surface area (Å²) >= 11 is 0. The van der Waals surface area contributed by atoms with Gasteiger partial charge in [0.25, 0.3) is 5.91 Å². The smallest absolute Gasteiger partial charge is 0.335 e. The van der Waals surface area contributed by atoms with E-state index in [1.807, 2.05) is 32.0 Å². The number of benzene rings is 2. The van der Waals surface area contributed by atoms with E-state index in [1.54, 1.807) is 13.0 Å². The molecule has 23 heavy (non-hydrogen) atoms. The summed E-state index contributed by atoms with van der Waals surface area (Å²) in [7, 11) is 0. The van der Waals surface area contributed by atoms with Gasteiger partial charge < -0.3 is 15.2 Å². The number of carboxylic acids is 1. The molecule has 1 amide bonds. The monoisotopic (exact) mass is 313 g/mol. The summed E-state index contributed by atoms with van der Waals surface area (Å²) in [5.41, 5.74) is 3.63. The average molecular weight is 313 g/mol. The molecule has 0 atom stereocenters. The van der Waals surface area contributed by atoms with Gasteiger partial charge in [0.05, 0.1) is 5.56 Å². The van der Waals surface area contributed by atoms with E-state index in [0.29, 0.717) is 11.4 Å². The summed E-state index contributed by atoms with van der Waals surface area (Å²) in [6, 6.07) is 10.2. The van der Waals surface area contributed by atoms with Crippen molar-refractivity contribution < 1.29 is 19.4 Å². The van der Waals surface area contributed by atoms with Gasteiger partial charge in [-0.25, -0.2) is 4.79 Å². The van der Waals surface area contributed by atoms with Gasteiger partial charge >= 0.3 is 5.97 Å². The minimum Gasteiger partial charge on any atom is -0.484 e. The van der Waals surface area contributed by atoms with Crippen LogP contribution in [0, 0.1) is 20.8 Å². The van der Waals surface area contributed by atoms with Crippen LogP contribution in [0.3, 0.4) is 0 Å². The van der Waals surface area contributed by atoms with Crippen molar-refractivity contribution in [2.75, 3.05) is 11.9 Å². The third-order valence-electron chi connectivity index (χ3n) is 3.61. The third-order valence-corrected chi connectivity index (χ3v) is 3.61.